The molecule has 0 atom stereocenters. The number of hydrogen-bond acceptors (Lipinski definition) is 5. The third kappa shape index (κ3) is 5.34. The van der Waals surface area contributed by atoms with Crippen LogP contribution in [0.4, 0.5) is 5.69 Å². The molecule has 0 spiro atoms. The topological polar surface area (TPSA) is 88.0 Å². The Morgan fingerprint density at radius 3 is 2.40 bits per heavy atom. The fraction of sp³-hybridized carbons (Fsp3) is 0.680. The molecule has 10 heteroatoms. The number of carbonyl (C=O) groups excluding carboxylic acids is 1. The van der Waals surface area contributed by atoms with Gasteiger partial charge in [-0.25, -0.2) is 4.98 Å². The van der Waals surface area contributed by atoms with Gasteiger partial charge in [0, 0.05) is 64.8 Å². The van der Waals surface area contributed by atoms with Gasteiger partial charge in [-0.2, -0.15) is 12.7 Å². The van der Waals surface area contributed by atoms with Crippen molar-refractivity contribution < 1.29 is 17.9 Å². The molecule has 9 nitrogen and oxygen atoms in total. The van der Waals surface area contributed by atoms with Crippen LogP contribution in [0, 0.1) is 5.92 Å². The van der Waals surface area contributed by atoms with E-state index in [0.29, 0.717) is 44.2 Å². The lowest BCUT2D eigenvalue weighted by Crippen LogP contribution is -2.53. The standard InChI is InChI=1S/C25H39N5O4S/c1-6-23(31)28-11-13-29(14-12-28)35(32,33)27(5)20-7-8-22-21(17-20)26-24(25(2,3)4)30(22)18-19-9-15-34-16-10-19/h7-8,17,19H,6,9-16,18H2,1-5H3. The highest BCUT2D eigenvalue weighted by Crippen LogP contribution is 2.32. The summed E-state index contributed by atoms with van der Waals surface area (Å²) >= 11 is 0. The van der Waals surface area contributed by atoms with Crippen LogP contribution in [0.25, 0.3) is 11.0 Å². The summed E-state index contributed by atoms with van der Waals surface area (Å²) in [7, 11) is -2.13. The zero-order valence-electron chi connectivity index (χ0n) is 21.7. The van der Waals surface area contributed by atoms with Gasteiger partial charge in [0.05, 0.1) is 16.7 Å². The van der Waals surface area contributed by atoms with E-state index in [9.17, 15) is 13.2 Å². The molecule has 1 aromatic heterocycles. The fourth-order valence-corrected chi connectivity index (χ4v) is 6.31. The molecule has 35 heavy (non-hydrogen) atoms. The SMILES string of the molecule is CCC(=O)N1CCN(S(=O)(=O)N(C)c2ccc3c(c2)nc(C(C)(C)C)n3CC2CCOCC2)CC1. The van der Waals surface area contributed by atoms with Crippen molar-refractivity contribution in [1.82, 2.24) is 18.8 Å². The molecule has 0 N–H and O–H groups in total. The van der Waals surface area contributed by atoms with E-state index in [1.165, 1.54) is 8.61 Å². The molecule has 1 amide bonds. The molecule has 2 aliphatic rings. The number of ether oxygens (including phenoxy) is 1. The molecular formula is C25H39N5O4S. The Bertz CT molecular complexity index is 1160. The molecule has 0 bridgehead atoms. The number of carbonyl (C=O) groups is 1. The van der Waals surface area contributed by atoms with Crippen molar-refractivity contribution in [3.05, 3.63) is 24.0 Å². The summed E-state index contributed by atoms with van der Waals surface area (Å²) in [5.74, 6) is 1.62. The number of hydrogen-bond donors (Lipinski definition) is 0. The third-order valence-corrected chi connectivity index (χ3v) is 9.03. The number of fused-ring (bicyclic) bond motifs is 1. The Labute approximate surface area is 209 Å². The van der Waals surface area contributed by atoms with Crippen LogP contribution in [0.5, 0.6) is 0 Å². The number of aromatic nitrogens is 2. The van der Waals surface area contributed by atoms with Gasteiger partial charge >= 0.3 is 10.2 Å². The van der Waals surface area contributed by atoms with Crippen molar-refractivity contribution >= 4 is 32.8 Å². The molecular weight excluding hydrogens is 466 g/mol. The molecule has 4 rings (SSSR count). The van der Waals surface area contributed by atoms with Crippen LogP contribution >= 0.6 is 0 Å². The molecule has 3 heterocycles. The minimum Gasteiger partial charge on any atom is -0.381 e. The van der Waals surface area contributed by atoms with Crippen LogP contribution in [-0.4, -0.2) is 79.5 Å². The van der Waals surface area contributed by atoms with Crippen molar-refractivity contribution in [2.24, 2.45) is 5.92 Å². The first kappa shape index (κ1) is 25.9. The number of amides is 1. The maximum atomic E-state index is 13.4. The van der Waals surface area contributed by atoms with E-state index in [1.807, 2.05) is 25.1 Å². The Hall–Kier alpha value is -2.17. The van der Waals surface area contributed by atoms with Crippen LogP contribution in [0.3, 0.4) is 0 Å². The molecule has 0 saturated carbocycles. The van der Waals surface area contributed by atoms with Gasteiger partial charge in [-0.3, -0.25) is 9.10 Å². The van der Waals surface area contributed by atoms with E-state index >= 15 is 0 Å². The van der Waals surface area contributed by atoms with Gasteiger partial charge in [0.15, 0.2) is 0 Å². The van der Waals surface area contributed by atoms with Crippen molar-refractivity contribution in [2.45, 2.75) is 58.9 Å². The Morgan fingerprint density at radius 2 is 1.80 bits per heavy atom. The summed E-state index contributed by atoms with van der Waals surface area (Å²) in [6, 6.07) is 5.74. The van der Waals surface area contributed by atoms with Gasteiger partial charge in [-0.1, -0.05) is 27.7 Å². The van der Waals surface area contributed by atoms with Gasteiger partial charge < -0.3 is 14.2 Å². The summed E-state index contributed by atoms with van der Waals surface area (Å²) in [5.41, 5.74) is 2.28. The zero-order chi connectivity index (χ0) is 25.4. The Kier molecular flexibility index (Phi) is 7.45. The average Bonchev–Trinajstić information content (AvgIpc) is 3.21. The van der Waals surface area contributed by atoms with Gasteiger partial charge in [-0.15, -0.1) is 0 Å². The van der Waals surface area contributed by atoms with E-state index < -0.39 is 10.2 Å². The number of anilines is 1. The number of imidazole rings is 1. The second kappa shape index (κ2) is 10.1. The van der Waals surface area contributed by atoms with Gasteiger partial charge in [-0.05, 0) is 37.0 Å². The van der Waals surface area contributed by atoms with E-state index in [4.69, 9.17) is 9.72 Å². The van der Waals surface area contributed by atoms with Gasteiger partial charge in [0.2, 0.25) is 5.91 Å². The lowest BCUT2D eigenvalue weighted by Gasteiger charge is -2.36. The van der Waals surface area contributed by atoms with E-state index in [1.54, 1.807) is 11.9 Å². The van der Waals surface area contributed by atoms with Crippen LogP contribution in [0.1, 0.15) is 52.8 Å². The van der Waals surface area contributed by atoms with Crippen LogP contribution < -0.4 is 4.31 Å². The fourth-order valence-electron chi connectivity index (χ4n) is 4.96. The maximum Gasteiger partial charge on any atom is 0.303 e. The second-order valence-corrected chi connectivity index (χ2v) is 12.6. The Morgan fingerprint density at radius 1 is 1.14 bits per heavy atom. The zero-order valence-corrected chi connectivity index (χ0v) is 22.5. The average molecular weight is 506 g/mol. The lowest BCUT2D eigenvalue weighted by atomic mass is 9.94. The largest absolute Gasteiger partial charge is 0.381 e. The molecule has 2 saturated heterocycles. The highest BCUT2D eigenvalue weighted by Gasteiger charge is 2.32. The Balaban J connectivity index is 1.59. The summed E-state index contributed by atoms with van der Waals surface area (Å²) in [5, 5.41) is 0. The summed E-state index contributed by atoms with van der Waals surface area (Å²) in [4.78, 5) is 18.7. The van der Waals surface area contributed by atoms with Crippen LogP contribution in [0.15, 0.2) is 18.2 Å². The van der Waals surface area contributed by atoms with Crippen LogP contribution in [0.2, 0.25) is 0 Å². The van der Waals surface area contributed by atoms with Crippen molar-refractivity contribution in [2.75, 3.05) is 50.7 Å². The molecule has 2 aliphatic heterocycles. The molecule has 0 aliphatic carbocycles. The minimum absolute atomic E-state index is 0.0619. The molecule has 2 fully saturated rings. The van der Waals surface area contributed by atoms with Crippen LogP contribution in [-0.2, 0) is 31.7 Å². The normalized spacial score (nSPS) is 18.8. The van der Waals surface area contributed by atoms with E-state index in [-0.39, 0.29) is 11.3 Å². The predicted octanol–water partition coefficient (Wildman–Crippen LogP) is 3.00. The summed E-state index contributed by atoms with van der Waals surface area (Å²) in [6.45, 7) is 12.2. The molecule has 2 aromatic rings. The van der Waals surface area contributed by atoms with Crippen molar-refractivity contribution in [3.8, 4) is 0 Å². The molecule has 1 aromatic carbocycles. The number of piperazine rings is 1. The van der Waals surface area contributed by atoms with Crippen molar-refractivity contribution in [1.29, 1.82) is 0 Å². The molecule has 194 valence electrons. The van der Waals surface area contributed by atoms with Crippen molar-refractivity contribution in [3.63, 3.8) is 0 Å². The number of nitrogens with zero attached hydrogens (tertiary/aromatic N) is 5. The highest BCUT2D eigenvalue weighted by molar-refractivity contribution is 7.90. The summed E-state index contributed by atoms with van der Waals surface area (Å²) in [6.07, 6.45) is 2.52. The minimum atomic E-state index is -3.71. The molecule has 0 unspecified atom stereocenters. The third-order valence-electron chi connectivity index (χ3n) is 7.11. The lowest BCUT2D eigenvalue weighted by molar-refractivity contribution is -0.132. The maximum absolute atomic E-state index is 13.4. The van der Waals surface area contributed by atoms with Gasteiger partial charge in [0.25, 0.3) is 0 Å². The predicted molar refractivity (Wildman–Crippen MR) is 138 cm³/mol. The smallest absolute Gasteiger partial charge is 0.303 e. The second-order valence-electron chi connectivity index (χ2n) is 10.6. The van der Waals surface area contributed by atoms with E-state index in [2.05, 4.69) is 25.3 Å². The van der Waals surface area contributed by atoms with E-state index in [0.717, 1.165) is 49.5 Å². The highest BCUT2D eigenvalue weighted by atomic mass is 32.2. The number of benzene rings is 1. The molecule has 0 radical (unpaired) electrons. The first-order valence-electron chi connectivity index (χ1n) is 12.6. The number of rotatable bonds is 6. The first-order chi connectivity index (χ1) is 16.5. The monoisotopic (exact) mass is 505 g/mol. The quantitative estimate of drug-likeness (QED) is 0.602. The summed E-state index contributed by atoms with van der Waals surface area (Å²) < 4.78 is 37.4. The van der Waals surface area contributed by atoms with Gasteiger partial charge in [0.1, 0.15) is 5.82 Å². The first-order valence-corrected chi connectivity index (χ1v) is 14.0.